The maximum atomic E-state index is 14.2. The molecular weight excluding hydrogens is 319 g/mol. The van der Waals surface area contributed by atoms with Crippen molar-refractivity contribution < 1.29 is 24.3 Å². The summed E-state index contributed by atoms with van der Waals surface area (Å²) in [5, 5.41) is 30.0. The predicted octanol–water partition coefficient (Wildman–Crippen LogP) is 1.58. The Balaban J connectivity index is 1.92. The van der Waals surface area contributed by atoms with Gasteiger partial charge in [0.15, 0.2) is 0 Å². The van der Waals surface area contributed by atoms with Crippen molar-refractivity contribution in [3.8, 4) is 5.75 Å². The van der Waals surface area contributed by atoms with E-state index in [1.807, 2.05) is 0 Å². The number of nitro benzene ring substituents is 1. The van der Waals surface area contributed by atoms with E-state index in [0.717, 1.165) is 0 Å². The van der Waals surface area contributed by atoms with E-state index in [9.17, 15) is 19.6 Å². The van der Waals surface area contributed by atoms with Crippen LogP contribution in [0, 0.1) is 10.1 Å². The zero-order valence-corrected chi connectivity index (χ0v) is 13.5. The summed E-state index contributed by atoms with van der Waals surface area (Å²) in [4.78, 5) is 12.8. The molecule has 1 aromatic carbocycles. The molecule has 1 unspecified atom stereocenters. The van der Waals surface area contributed by atoms with Gasteiger partial charge in [-0.05, 0) is 6.92 Å². The van der Waals surface area contributed by atoms with E-state index in [1.165, 1.54) is 6.07 Å². The first-order chi connectivity index (χ1) is 11.3. The summed E-state index contributed by atoms with van der Waals surface area (Å²) < 4.78 is 19.9. The number of anilines is 1. The third-order valence-electron chi connectivity index (χ3n) is 4.89. The number of alkyl halides is 1. The van der Waals surface area contributed by atoms with Crippen LogP contribution in [0.1, 0.15) is 25.3 Å². The lowest BCUT2D eigenvalue weighted by Gasteiger charge is -2.36. The molecule has 1 saturated heterocycles. The van der Waals surface area contributed by atoms with Gasteiger partial charge in [-0.3, -0.25) is 10.1 Å². The number of fused-ring (bicyclic) bond motifs is 1. The maximum absolute atomic E-state index is 14.2. The number of nitro groups is 1. The molecule has 7 nitrogen and oxygen atoms in total. The maximum Gasteiger partial charge on any atom is 0.293 e. The zero-order valence-electron chi connectivity index (χ0n) is 13.5. The summed E-state index contributed by atoms with van der Waals surface area (Å²) in [7, 11) is 0. The van der Waals surface area contributed by atoms with Crippen molar-refractivity contribution in [3.63, 3.8) is 0 Å². The fourth-order valence-corrected chi connectivity index (χ4v) is 3.33. The number of aliphatic hydroxyl groups excluding tert-OH is 2. The Morgan fingerprint density at radius 3 is 2.54 bits per heavy atom. The van der Waals surface area contributed by atoms with E-state index in [4.69, 9.17) is 9.84 Å². The van der Waals surface area contributed by atoms with Crippen LogP contribution in [0.4, 0.5) is 15.8 Å². The molecule has 2 N–H and O–H groups in total. The van der Waals surface area contributed by atoms with Crippen LogP contribution < -0.4 is 9.64 Å². The van der Waals surface area contributed by atoms with Gasteiger partial charge in [-0.15, -0.1) is 0 Å². The van der Waals surface area contributed by atoms with Crippen LogP contribution in [0.15, 0.2) is 12.1 Å². The molecule has 0 amide bonds. The van der Waals surface area contributed by atoms with Gasteiger partial charge < -0.3 is 19.8 Å². The molecular formula is C16H21FN2O5. The van der Waals surface area contributed by atoms with Gasteiger partial charge in [-0.1, -0.05) is 0 Å². The molecule has 2 aliphatic rings. The molecule has 3 rings (SSSR count). The highest BCUT2D eigenvalue weighted by Crippen LogP contribution is 2.43. The summed E-state index contributed by atoms with van der Waals surface area (Å²) in [6.07, 6.45) is 0.637. The fraction of sp³-hybridized carbons (Fsp3) is 0.625. The SMILES string of the molecule is CC1(CO)Cc2cc([N+](=O)[O-])c(N3CCC(F)(CO)CC3)cc2O1. The van der Waals surface area contributed by atoms with Crippen LogP contribution in [0.25, 0.3) is 0 Å². The second-order valence-electron chi connectivity index (χ2n) is 6.89. The molecule has 0 aromatic heterocycles. The molecule has 0 aliphatic carbocycles. The van der Waals surface area contributed by atoms with Crippen molar-refractivity contribution in [2.45, 2.75) is 37.5 Å². The predicted molar refractivity (Wildman–Crippen MR) is 85.3 cm³/mol. The molecule has 24 heavy (non-hydrogen) atoms. The zero-order chi connectivity index (χ0) is 17.5. The molecule has 8 heteroatoms. The Labute approximate surface area is 138 Å². The summed E-state index contributed by atoms with van der Waals surface area (Å²) in [6.45, 7) is 1.60. The number of ether oxygens (including phenoxy) is 1. The quantitative estimate of drug-likeness (QED) is 0.638. The van der Waals surface area contributed by atoms with Gasteiger partial charge in [0.05, 0.1) is 18.1 Å². The van der Waals surface area contributed by atoms with E-state index in [2.05, 4.69) is 0 Å². The summed E-state index contributed by atoms with van der Waals surface area (Å²) in [6, 6.07) is 3.09. The Kier molecular flexibility index (Phi) is 4.13. The third-order valence-corrected chi connectivity index (χ3v) is 4.89. The number of piperidine rings is 1. The Hall–Kier alpha value is -1.93. The molecule has 1 aromatic rings. The lowest BCUT2D eigenvalue weighted by molar-refractivity contribution is -0.384. The number of halogens is 1. The molecule has 2 heterocycles. The number of nitrogens with zero attached hydrogens (tertiary/aromatic N) is 2. The topological polar surface area (TPSA) is 96.1 Å². The second kappa shape index (κ2) is 5.86. The smallest absolute Gasteiger partial charge is 0.293 e. The number of aliphatic hydroxyl groups is 2. The Bertz CT molecular complexity index is 660. The highest BCUT2D eigenvalue weighted by atomic mass is 19.1. The molecule has 0 bridgehead atoms. The minimum absolute atomic E-state index is 0.0464. The van der Waals surface area contributed by atoms with Gasteiger partial charge in [0.1, 0.15) is 22.7 Å². The van der Waals surface area contributed by atoms with E-state index >= 15 is 0 Å². The van der Waals surface area contributed by atoms with Gasteiger partial charge in [-0.2, -0.15) is 0 Å². The minimum Gasteiger partial charge on any atom is -0.484 e. The van der Waals surface area contributed by atoms with E-state index < -0.39 is 22.8 Å². The molecule has 0 saturated carbocycles. The Morgan fingerprint density at radius 1 is 1.33 bits per heavy atom. The molecule has 0 radical (unpaired) electrons. The number of benzene rings is 1. The summed E-state index contributed by atoms with van der Waals surface area (Å²) in [5.41, 5.74) is -1.36. The van der Waals surface area contributed by atoms with Crippen molar-refractivity contribution in [1.82, 2.24) is 0 Å². The molecule has 132 valence electrons. The average Bonchev–Trinajstić information content (AvgIpc) is 2.90. The number of hydrogen-bond donors (Lipinski definition) is 2. The van der Waals surface area contributed by atoms with Crippen LogP contribution >= 0.6 is 0 Å². The first kappa shape index (κ1) is 16.9. The van der Waals surface area contributed by atoms with E-state index in [1.54, 1.807) is 17.9 Å². The molecule has 2 aliphatic heterocycles. The largest absolute Gasteiger partial charge is 0.484 e. The standard InChI is InChI=1S/C16H21FN2O5/c1-15(9-20)8-11-6-13(19(22)23)12(7-14(11)24-15)18-4-2-16(17,10-21)3-5-18/h6-7,20-21H,2-5,8-10H2,1H3. The van der Waals surface area contributed by atoms with Crippen LogP contribution in [-0.2, 0) is 6.42 Å². The number of rotatable bonds is 4. The van der Waals surface area contributed by atoms with Gasteiger partial charge in [0.25, 0.3) is 5.69 Å². The summed E-state index contributed by atoms with van der Waals surface area (Å²) in [5.74, 6) is 0.520. The van der Waals surface area contributed by atoms with Crippen LogP contribution in [-0.4, -0.2) is 52.7 Å². The summed E-state index contributed by atoms with van der Waals surface area (Å²) >= 11 is 0. The van der Waals surface area contributed by atoms with E-state index in [-0.39, 0.29) is 38.2 Å². The van der Waals surface area contributed by atoms with Gasteiger partial charge >= 0.3 is 0 Å². The minimum atomic E-state index is -1.62. The van der Waals surface area contributed by atoms with Crippen molar-refractivity contribution in [1.29, 1.82) is 0 Å². The van der Waals surface area contributed by atoms with Crippen molar-refractivity contribution >= 4 is 11.4 Å². The van der Waals surface area contributed by atoms with Crippen molar-refractivity contribution in [2.24, 2.45) is 0 Å². The average molecular weight is 340 g/mol. The third kappa shape index (κ3) is 2.91. The van der Waals surface area contributed by atoms with Crippen LogP contribution in [0.3, 0.4) is 0 Å². The normalized spacial score (nSPS) is 25.2. The molecule has 1 atom stereocenters. The lowest BCUT2D eigenvalue weighted by Crippen LogP contribution is -2.44. The fourth-order valence-electron chi connectivity index (χ4n) is 3.33. The first-order valence-corrected chi connectivity index (χ1v) is 7.95. The Morgan fingerprint density at radius 2 is 2.00 bits per heavy atom. The van der Waals surface area contributed by atoms with Gasteiger partial charge in [-0.25, -0.2) is 4.39 Å². The monoisotopic (exact) mass is 340 g/mol. The first-order valence-electron chi connectivity index (χ1n) is 7.95. The van der Waals surface area contributed by atoms with Crippen LogP contribution in [0.5, 0.6) is 5.75 Å². The van der Waals surface area contributed by atoms with Gasteiger partial charge in [0, 0.05) is 50.0 Å². The highest BCUT2D eigenvalue weighted by molar-refractivity contribution is 5.69. The van der Waals surface area contributed by atoms with Crippen LogP contribution in [0.2, 0.25) is 0 Å². The number of hydrogen-bond acceptors (Lipinski definition) is 6. The van der Waals surface area contributed by atoms with Gasteiger partial charge in [0.2, 0.25) is 0 Å². The van der Waals surface area contributed by atoms with E-state index in [0.29, 0.717) is 23.4 Å². The molecule has 0 spiro atoms. The van der Waals surface area contributed by atoms with Crippen molar-refractivity contribution in [2.75, 3.05) is 31.2 Å². The highest BCUT2D eigenvalue weighted by Gasteiger charge is 2.39. The second-order valence-corrected chi connectivity index (χ2v) is 6.89. The van der Waals surface area contributed by atoms with Crippen molar-refractivity contribution in [3.05, 3.63) is 27.8 Å². The lowest BCUT2D eigenvalue weighted by atomic mass is 9.93. The molecule has 1 fully saturated rings.